The average Bonchev–Trinajstić information content (AvgIpc) is 3.76. The molecule has 4 heterocycles. The highest BCUT2D eigenvalue weighted by Gasteiger charge is 2.43. The Balaban J connectivity index is 1.05. The third kappa shape index (κ3) is 7.64. The lowest BCUT2D eigenvalue weighted by atomic mass is 9.98. The number of aryl methyl sites for hydroxylation is 1. The molecule has 0 bridgehead atoms. The lowest BCUT2D eigenvalue weighted by Gasteiger charge is -2.37. The molecule has 0 aliphatic carbocycles. The maximum absolute atomic E-state index is 13.4. The normalized spacial score (nSPS) is 16.6. The second-order valence-corrected chi connectivity index (χ2v) is 13.0. The Bertz CT molecular complexity index is 1850. The van der Waals surface area contributed by atoms with Crippen LogP contribution in [0.3, 0.4) is 0 Å². The van der Waals surface area contributed by atoms with Crippen molar-refractivity contribution in [2.45, 2.75) is 18.4 Å². The van der Waals surface area contributed by atoms with E-state index in [1.54, 1.807) is 30.4 Å². The standard InChI is InChI=1S/C33H39N9O6S/c1-40-20-35-31(38-40)24-6-4-22(5-7-24)23-11-14-41(15-12-23)32(43)33(44,45)42(21-47-2)16-17-49(46)39-26-8-9-28-27(19-26)30(37-36-28)25-10-13-34-29(18-25)48-3/h4-11,13,18-20,30,36-37,39,44-45H,12,14-17,21H2,1-3H3. The zero-order valence-corrected chi connectivity index (χ0v) is 28.2. The maximum atomic E-state index is 13.4. The van der Waals surface area contributed by atoms with Gasteiger partial charge in [-0.2, -0.15) is 5.10 Å². The summed E-state index contributed by atoms with van der Waals surface area (Å²) in [6.07, 6.45) is 5.75. The van der Waals surface area contributed by atoms with E-state index in [1.807, 2.05) is 61.7 Å². The van der Waals surface area contributed by atoms with Crippen LogP contribution in [-0.4, -0.2) is 102 Å². The fraction of sp³-hybridized carbons (Fsp3) is 0.333. The van der Waals surface area contributed by atoms with Gasteiger partial charge >= 0.3 is 5.91 Å². The predicted molar refractivity (Wildman–Crippen MR) is 184 cm³/mol. The summed E-state index contributed by atoms with van der Waals surface area (Å²) in [5, 5.41) is 26.5. The number of methoxy groups -OCH3 is 2. The van der Waals surface area contributed by atoms with Crippen molar-refractivity contribution >= 4 is 33.8 Å². The van der Waals surface area contributed by atoms with Gasteiger partial charge in [0.15, 0.2) is 5.82 Å². The van der Waals surface area contributed by atoms with Gasteiger partial charge in [0.1, 0.15) is 24.0 Å². The zero-order valence-electron chi connectivity index (χ0n) is 27.4. The van der Waals surface area contributed by atoms with Gasteiger partial charge in [0.05, 0.1) is 24.6 Å². The van der Waals surface area contributed by atoms with Crippen LogP contribution >= 0.6 is 0 Å². The van der Waals surface area contributed by atoms with Crippen LogP contribution in [-0.2, 0) is 27.6 Å². The molecular formula is C33H39N9O6S. The molecule has 6 rings (SSSR count). The molecule has 49 heavy (non-hydrogen) atoms. The van der Waals surface area contributed by atoms with Crippen molar-refractivity contribution in [3.05, 3.63) is 89.9 Å². The van der Waals surface area contributed by atoms with Crippen LogP contribution in [0, 0.1) is 0 Å². The summed E-state index contributed by atoms with van der Waals surface area (Å²) < 4.78 is 28.2. The Labute approximate surface area is 286 Å². The minimum Gasteiger partial charge on any atom is -0.481 e. The van der Waals surface area contributed by atoms with Crippen molar-refractivity contribution in [3.63, 3.8) is 0 Å². The number of amides is 1. The number of anilines is 2. The van der Waals surface area contributed by atoms with Gasteiger partial charge in [-0.05, 0) is 47.4 Å². The first-order chi connectivity index (χ1) is 23.7. The number of hydrazine groups is 1. The van der Waals surface area contributed by atoms with Crippen LogP contribution < -0.4 is 20.3 Å². The van der Waals surface area contributed by atoms with Crippen molar-refractivity contribution in [2.75, 3.05) is 56.5 Å². The molecule has 258 valence electrons. The van der Waals surface area contributed by atoms with E-state index in [-0.39, 0.29) is 31.6 Å². The second-order valence-electron chi connectivity index (χ2n) is 11.7. The van der Waals surface area contributed by atoms with Crippen molar-refractivity contribution in [1.82, 2.24) is 35.0 Å². The van der Waals surface area contributed by atoms with E-state index >= 15 is 0 Å². The Morgan fingerprint density at radius 1 is 1.12 bits per heavy atom. The van der Waals surface area contributed by atoms with Crippen LogP contribution in [0.1, 0.15) is 29.2 Å². The molecule has 0 fully saturated rings. The van der Waals surface area contributed by atoms with E-state index in [1.165, 1.54) is 12.0 Å². The number of ether oxygens (including phenoxy) is 2. The molecule has 0 spiro atoms. The summed E-state index contributed by atoms with van der Waals surface area (Å²) in [4.78, 5) is 24.3. The summed E-state index contributed by atoms with van der Waals surface area (Å²) in [6, 6.07) is 17.0. The molecule has 2 aliphatic rings. The van der Waals surface area contributed by atoms with Crippen molar-refractivity contribution < 1.29 is 28.7 Å². The Morgan fingerprint density at radius 2 is 1.92 bits per heavy atom. The molecule has 2 aromatic carbocycles. The Kier molecular flexibility index (Phi) is 10.3. The molecular weight excluding hydrogens is 650 g/mol. The third-order valence-corrected chi connectivity index (χ3v) is 9.43. The summed E-state index contributed by atoms with van der Waals surface area (Å²) in [5.41, 5.74) is 12.7. The van der Waals surface area contributed by atoms with Gasteiger partial charge in [0.25, 0.3) is 5.91 Å². The van der Waals surface area contributed by atoms with E-state index < -0.39 is 22.8 Å². The van der Waals surface area contributed by atoms with Crippen LogP contribution in [0.25, 0.3) is 17.0 Å². The summed E-state index contributed by atoms with van der Waals surface area (Å²) in [6.45, 7) is 0.118. The van der Waals surface area contributed by atoms with Crippen molar-refractivity contribution in [1.29, 1.82) is 0 Å². The van der Waals surface area contributed by atoms with Crippen LogP contribution in [0.4, 0.5) is 11.4 Å². The number of fused-ring (bicyclic) bond motifs is 1. The fourth-order valence-electron chi connectivity index (χ4n) is 5.80. The highest BCUT2D eigenvalue weighted by Crippen LogP contribution is 2.35. The number of nitrogens with zero attached hydrogens (tertiary/aromatic N) is 6. The number of aliphatic hydroxyl groups is 2. The zero-order chi connectivity index (χ0) is 34.5. The van der Waals surface area contributed by atoms with E-state index in [4.69, 9.17) is 9.47 Å². The number of nitrogens with one attached hydrogen (secondary N) is 3. The summed E-state index contributed by atoms with van der Waals surface area (Å²) >= 11 is 0. The van der Waals surface area contributed by atoms with Gasteiger partial charge in [-0.1, -0.05) is 30.3 Å². The van der Waals surface area contributed by atoms with E-state index in [0.717, 1.165) is 38.4 Å². The Hall–Kier alpha value is -4.71. The largest absolute Gasteiger partial charge is 0.481 e. The molecule has 1 amide bonds. The molecule has 0 radical (unpaired) electrons. The fourth-order valence-corrected chi connectivity index (χ4v) is 6.67. The number of carbonyl (C=O) groups is 1. The molecule has 5 N–H and O–H groups in total. The molecule has 2 atom stereocenters. The highest BCUT2D eigenvalue weighted by molar-refractivity contribution is 7.86. The Morgan fingerprint density at radius 3 is 2.61 bits per heavy atom. The molecule has 0 saturated heterocycles. The number of pyridine rings is 1. The van der Waals surface area contributed by atoms with Crippen LogP contribution in [0.15, 0.2) is 73.2 Å². The highest BCUT2D eigenvalue weighted by atomic mass is 32.2. The van der Waals surface area contributed by atoms with Gasteiger partial charge < -0.3 is 34.7 Å². The number of hydrogen-bond donors (Lipinski definition) is 5. The van der Waals surface area contributed by atoms with Crippen molar-refractivity contribution in [3.8, 4) is 17.3 Å². The maximum Gasteiger partial charge on any atom is 0.310 e. The monoisotopic (exact) mass is 689 g/mol. The number of rotatable bonds is 13. The lowest BCUT2D eigenvalue weighted by Crippen LogP contribution is -2.61. The molecule has 2 unspecified atom stereocenters. The number of carbonyl (C=O) groups excluding carboxylic acids is 1. The van der Waals surface area contributed by atoms with Crippen LogP contribution in [0.5, 0.6) is 5.88 Å². The third-order valence-electron chi connectivity index (χ3n) is 8.42. The van der Waals surface area contributed by atoms with Gasteiger partial charge in [0, 0.05) is 62.9 Å². The quantitative estimate of drug-likeness (QED) is 0.129. The topological polar surface area (TPSA) is 179 Å². The summed E-state index contributed by atoms with van der Waals surface area (Å²) in [7, 11) is 3.13. The van der Waals surface area contributed by atoms with E-state index in [9.17, 15) is 19.2 Å². The first-order valence-corrected chi connectivity index (χ1v) is 16.9. The molecule has 4 aromatic rings. The number of aromatic nitrogens is 4. The van der Waals surface area contributed by atoms with Gasteiger partial charge in [-0.3, -0.25) is 9.48 Å². The van der Waals surface area contributed by atoms with E-state index in [0.29, 0.717) is 30.4 Å². The molecule has 2 aromatic heterocycles. The first kappa shape index (κ1) is 34.2. The SMILES string of the molecule is COCN(CCS(=O)Nc1ccc2c(c1)C(c1ccnc(OC)c1)NN2)C(O)(O)C(=O)N1CC=C(c2ccc(-c3ncn(C)n3)cc2)CC1. The number of hydrogen-bond acceptors (Lipinski definition) is 12. The second kappa shape index (κ2) is 14.8. The predicted octanol–water partition coefficient (Wildman–Crippen LogP) is 1.84. The molecule has 2 aliphatic heterocycles. The van der Waals surface area contributed by atoms with E-state index in [2.05, 4.69) is 30.6 Å². The van der Waals surface area contributed by atoms with Crippen molar-refractivity contribution in [2.24, 2.45) is 7.05 Å². The van der Waals surface area contributed by atoms with Crippen LogP contribution in [0.2, 0.25) is 0 Å². The molecule has 16 heteroatoms. The molecule has 0 saturated carbocycles. The summed E-state index contributed by atoms with van der Waals surface area (Å²) in [5.74, 6) is -2.64. The minimum absolute atomic E-state index is 0.0217. The first-order valence-electron chi connectivity index (χ1n) is 15.6. The van der Waals surface area contributed by atoms with Gasteiger partial charge in [-0.15, -0.1) is 0 Å². The average molecular weight is 690 g/mol. The lowest BCUT2D eigenvalue weighted by molar-refractivity contribution is -0.269. The van der Waals surface area contributed by atoms with Gasteiger partial charge in [-0.25, -0.2) is 24.5 Å². The molecule has 15 nitrogen and oxygen atoms in total. The minimum atomic E-state index is -2.87. The number of benzene rings is 2. The smallest absolute Gasteiger partial charge is 0.310 e. The van der Waals surface area contributed by atoms with Gasteiger partial charge in [0.2, 0.25) is 5.88 Å².